The van der Waals surface area contributed by atoms with E-state index in [2.05, 4.69) is 0 Å². The van der Waals surface area contributed by atoms with Crippen LogP contribution in [0, 0.1) is 0 Å². The third-order valence-corrected chi connectivity index (χ3v) is 1.63. The van der Waals surface area contributed by atoms with Gasteiger partial charge in [0, 0.05) is 19.9 Å². The van der Waals surface area contributed by atoms with Gasteiger partial charge in [-0.05, 0) is 6.42 Å². The summed E-state index contributed by atoms with van der Waals surface area (Å²) in [6.07, 6.45) is 2.46. The maximum absolute atomic E-state index is 11.0. The monoisotopic (exact) mass is 187 g/mol. The largest absolute Gasteiger partial charge is 0.338 e. The smallest absolute Gasteiger partial charge is 0.332 e. The van der Waals surface area contributed by atoms with Gasteiger partial charge < -0.3 is 4.84 Å². The van der Waals surface area contributed by atoms with Crippen LogP contribution >= 0.6 is 0 Å². The molecule has 4 heteroatoms. The molecule has 0 aromatic heterocycles. The van der Waals surface area contributed by atoms with Gasteiger partial charge in [-0.1, -0.05) is 20.3 Å². The topological polar surface area (TPSA) is 46.6 Å². The van der Waals surface area contributed by atoms with Crippen LogP contribution in [0.3, 0.4) is 0 Å². The molecule has 0 radical (unpaired) electrons. The molecule has 0 spiro atoms. The van der Waals surface area contributed by atoms with E-state index in [4.69, 9.17) is 4.84 Å². The molecule has 0 aliphatic carbocycles. The zero-order valence-electron chi connectivity index (χ0n) is 8.50. The molecule has 13 heavy (non-hydrogen) atoms. The lowest BCUT2D eigenvalue weighted by Crippen LogP contribution is -2.29. The second kappa shape index (κ2) is 6.46. The molecule has 0 rings (SSSR count). The number of nitrogens with zero attached hydrogens (tertiary/aromatic N) is 1. The van der Waals surface area contributed by atoms with Crippen molar-refractivity contribution in [3.63, 3.8) is 0 Å². The Labute approximate surface area is 78.8 Å². The minimum absolute atomic E-state index is 0.190. The van der Waals surface area contributed by atoms with Crippen molar-refractivity contribution in [3.8, 4) is 0 Å². The van der Waals surface area contributed by atoms with Gasteiger partial charge in [-0.25, -0.2) is 4.79 Å². The third-order valence-electron chi connectivity index (χ3n) is 1.63. The lowest BCUT2D eigenvalue weighted by molar-refractivity contribution is -0.192. The molecule has 0 saturated heterocycles. The first-order valence-electron chi connectivity index (χ1n) is 4.59. The standard InChI is InChI=1S/C9H17NO3/c1-4-6-7-9(12)13-10(3)8(11)5-2/h4-7H2,1-3H3. The highest BCUT2D eigenvalue weighted by Crippen LogP contribution is 1.99. The molecular formula is C9H17NO3. The van der Waals surface area contributed by atoms with E-state index < -0.39 is 0 Å². The van der Waals surface area contributed by atoms with Gasteiger partial charge >= 0.3 is 5.97 Å². The van der Waals surface area contributed by atoms with E-state index in [1.165, 1.54) is 7.05 Å². The highest BCUT2D eigenvalue weighted by molar-refractivity contribution is 5.77. The molecule has 4 nitrogen and oxygen atoms in total. The van der Waals surface area contributed by atoms with Crippen molar-refractivity contribution in [2.75, 3.05) is 7.05 Å². The zero-order chi connectivity index (χ0) is 10.3. The second-order valence-electron chi connectivity index (χ2n) is 2.81. The molecule has 0 unspecified atom stereocenters. The first-order chi connectivity index (χ1) is 6.11. The summed E-state index contributed by atoms with van der Waals surface area (Å²) in [6, 6.07) is 0. The lowest BCUT2D eigenvalue weighted by atomic mass is 10.3. The predicted molar refractivity (Wildman–Crippen MR) is 48.7 cm³/mol. The lowest BCUT2D eigenvalue weighted by Gasteiger charge is -2.14. The number of amides is 1. The summed E-state index contributed by atoms with van der Waals surface area (Å²) < 4.78 is 0. The summed E-state index contributed by atoms with van der Waals surface area (Å²) in [5.74, 6) is -0.531. The van der Waals surface area contributed by atoms with Gasteiger partial charge in [-0.2, -0.15) is 5.06 Å². The summed E-state index contributed by atoms with van der Waals surface area (Å²) in [7, 11) is 1.45. The quantitative estimate of drug-likeness (QED) is 0.626. The van der Waals surface area contributed by atoms with Crippen LogP contribution in [0.15, 0.2) is 0 Å². The second-order valence-corrected chi connectivity index (χ2v) is 2.81. The highest BCUT2D eigenvalue weighted by atomic mass is 16.7. The predicted octanol–water partition coefficient (Wildman–Crippen LogP) is 1.50. The van der Waals surface area contributed by atoms with Crippen LogP contribution in [0.5, 0.6) is 0 Å². The van der Waals surface area contributed by atoms with Crippen LogP contribution in [0.25, 0.3) is 0 Å². The Bertz CT molecular complexity index is 180. The van der Waals surface area contributed by atoms with Crippen molar-refractivity contribution in [1.82, 2.24) is 5.06 Å². The number of hydrogen-bond donors (Lipinski definition) is 0. The minimum atomic E-state index is -0.342. The summed E-state index contributed by atoms with van der Waals surface area (Å²) in [5.41, 5.74) is 0. The molecule has 76 valence electrons. The van der Waals surface area contributed by atoms with Crippen LogP contribution in [0.4, 0.5) is 0 Å². The molecule has 0 atom stereocenters. The van der Waals surface area contributed by atoms with E-state index in [1.807, 2.05) is 6.92 Å². The van der Waals surface area contributed by atoms with Gasteiger partial charge in [0.25, 0.3) is 5.91 Å². The molecular weight excluding hydrogens is 170 g/mol. The van der Waals surface area contributed by atoms with Crippen molar-refractivity contribution < 1.29 is 14.4 Å². The van der Waals surface area contributed by atoms with Crippen molar-refractivity contribution >= 4 is 11.9 Å². The third kappa shape index (κ3) is 5.22. The van der Waals surface area contributed by atoms with Crippen molar-refractivity contribution in [3.05, 3.63) is 0 Å². The molecule has 0 aliphatic heterocycles. The van der Waals surface area contributed by atoms with Gasteiger partial charge in [-0.15, -0.1) is 0 Å². The van der Waals surface area contributed by atoms with Gasteiger partial charge in [0.2, 0.25) is 0 Å². The molecule has 0 aromatic carbocycles. The normalized spacial score (nSPS) is 9.46. The first-order valence-corrected chi connectivity index (χ1v) is 4.59. The Balaban J connectivity index is 3.71. The maximum atomic E-state index is 11.0. The molecule has 0 bridgehead atoms. The number of carbonyl (C=O) groups is 2. The fourth-order valence-electron chi connectivity index (χ4n) is 0.793. The van der Waals surface area contributed by atoms with E-state index in [1.54, 1.807) is 6.92 Å². The summed E-state index contributed by atoms with van der Waals surface area (Å²) in [5, 5.41) is 0.998. The van der Waals surface area contributed by atoms with Crippen LogP contribution in [-0.2, 0) is 14.4 Å². The zero-order valence-corrected chi connectivity index (χ0v) is 8.50. The maximum Gasteiger partial charge on any atom is 0.332 e. The molecule has 0 N–H and O–H groups in total. The average molecular weight is 187 g/mol. The van der Waals surface area contributed by atoms with E-state index >= 15 is 0 Å². The molecule has 0 fully saturated rings. The SMILES string of the molecule is CCCCC(=O)ON(C)C(=O)CC. The number of carbonyl (C=O) groups excluding carboxylic acids is 2. The Hall–Kier alpha value is -1.06. The summed E-state index contributed by atoms with van der Waals surface area (Å²) in [6.45, 7) is 3.72. The Kier molecular flexibility index (Phi) is 5.93. The van der Waals surface area contributed by atoms with Crippen molar-refractivity contribution in [1.29, 1.82) is 0 Å². The number of hydroxylamine groups is 2. The Morgan fingerprint density at radius 2 is 1.92 bits per heavy atom. The minimum Gasteiger partial charge on any atom is -0.338 e. The van der Waals surface area contributed by atoms with E-state index in [0.717, 1.165) is 17.9 Å². The van der Waals surface area contributed by atoms with Crippen molar-refractivity contribution in [2.24, 2.45) is 0 Å². The fraction of sp³-hybridized carbons (Fsp3) is 0.778. The van der Waals surface area contributed by atoms with Crippen molar-refractivity contribution in [2.45, 2.75) is 39.5 Å². The Morgan fingerprint density at radius 1 is 1.31 bits per heavy atom. The number of hydrogen-bond acceptors (Lipinski definition) is 3. The van der Waals surface area contributed by atoms with Crippen LogP contribution in [0.2, 0.25) is 0 Å². The van der Waals surface area contributed by atoms with E-state index in [-0.39, 0.29) is 11.9 Å². The number of unbranched alkanes of at least 4 members (excludes halogenated alkanes) is 1. The summed E-state index contributed by atoms with van der Waals surface area (Å²) >= 11 is 0. The first kappa shape index (κ1) is 11.9. The van der Waals surface area contributed by atoms with E-state index in [0.29, 0.717) is 12.8 Å². The van der Waals surface area contributed by atoms with Crippen LogP contribution < -0.4 is 0 Å². The molecule has 1 amide bonds. The summed E-state index contributed by atoms with van der Waals surface area (Å²) in [4.78, 5) is 26.7. The van der Waals surface area contributed by atoms with Gasteiger partial charge in [0.15, 0.2) is 0 Å². The molecule has 0 aromatic rings. The van der Waals surface area contributed by atoms with Gasteiger partial charge in [0.1, 0.15) is 0 Å². The van der Waals surface area contributed by atoms with Gasteiger partial charge in [0.05, 0.1) is 0 Å². The van der Waals surface area contributed by atoms with E-state index in [9.17, 15) is 9.59 Å². The number of rotatable bonds is 4. The van der Waals surface area contributed by atoms with Crippen LogP contribution in [0.1, 0.15) is 39.5 Å². The Morgan fingerprint density at radius 3 is 2.38 bits per heavy atom. The van der Waals surface area contributed by atoms with Gasteiger partial charge in [-0.3, -0.25) is 4.79 Å². The molecule has 0 heterocycles. The fourth-order valence-corrected chi connectivity index (χ4v) is 0.793. The molecule has 0 saturated carbocycles. The molecule has 0 aliphatic rings. The highest BCUT2D eigenvalue weighted by Gasteiger charge is 2.11. The average Bonchev–Trinajstić information content (AvgIpc) is 2.13. The van der Waals surface area contributed by atoms with Crippen LogP contribution in [-0.4, -0.2) is 24.0 Å².